The maximum Gasteiger partial charge on any atom is 0.316 e. The van der Waals surface area contributed by atoms with Gasteiger partial charge in [0.05, 0.1) is 12.5 Å². The topological polar surface area (TPSA) is 153 Å². The number of aliphatic hydroxyl groups excluding tert-OH is 1. The summed E-state index contributed by atoms with van der Waals surface area (Å²) in [6.45, 7) is 1.39. The lowest BCUT2D eigenvalue weighted by molar-refractivity contribution is -0.150. The first-order valence-corrected chi connectivity index (χ1v) is 10.2. The number of nitrogens with zero attached hydrogens (tertiary/aromatic N) is 2. The van der Waals surface area contributed by atoms with Crippen LogP contribution in [0.4, 0.5) is 0 Å². The minimum Gasteiger partial charge on any atom is -0.481 e. The molecule has 2 rings (SSSR count). The van der Waals surface area contributed by atoms with Crippen molar-refractivity contribution in [2.24, 2.45) is 23.6 Å². The fourth-order valence-corrected chi connectivity index (χ4v) is 4.01. The van der Waals surface area contributed by atoms with E-state index in [1.165, 1.54) is 0 Å². The first-order valence-electron chi connectivity index (χ1n) is 10.2. The molecule has 0 bridgehead atoms. The summed E-state index contributed by atoms with van der Waals surface area (Å²) in [6.07, 6.45) is 4.69. The molecule has 164 valence electrons. The van der Waals surface area contributed by atoms with Crippen LogP contribution >= 0.6 is 0 Å². The number of carboxylic acid groups (broad SMARTS) is 1. The molecule has 5 N–H and O–H groups in total. The Morgan fingerprint density at radius 2 is 1.86 bits per heavy atom. The number of hydrogen-bond donors (Lipinski definition) is 4. The summed E-state index contributed by atoms with van der Waals surface area (Å²) in [4.78, 5) is 49.6. The van der Waals surface area contributed by atoms with E-state index >= 15 is 0 Å². The van der Waals surface area contributed by atoms with Crippen molar-refractivity contribution in [3.63, 3.8) is 0 Å². The molecule has 29 heavy (non-hydrogen) atoms. The van der Waals surface area contributed by atoms with Crippen molar-refractivity contribution < 1.29 is 29.4 Å². The molecule has 2 heterocycles. The third-order valence-electron chi connectivity index (χ3n) is 5.85. The predicted octanol–water partition coefficient (Wildman–Crippen LogP) is -1.03. The highest BCUT2D eigenvalue weighted by Crippen LogP contribution is 2.22. The number of hydrogen-bond acceptors (Lipinski definition) is 7. The molecule has 0 radical (unpaired) electrons. The fraction of sp³-hybridized carbons (Fsp3) is 0.789. The van der Waals surface area contributed by atoms with Gasteiger partial charge in [-0.15, -0.1) is 0 Å². The molecule has 10 heteroatoms. The van der Waals surface area contributed by atoms with Gasteiger partial charge in [-0.2, -0.15) is 0 Å². The Hall–Kier alpha value is -2.04. The number of carbonyl (C=O) groups excluding carboxylic acids is 3. The number of piperidine rings is 2. The van der Waals surface area contributed by atoms with Crippen LogP contribution in [0.2, 0.25) is 0 Å². The highest BCUT2D eigenvalue weighted by Gasteiger charge is 2.34. The van der Waals surface area contributed by atoms with Crippen molar-refractivity contribution in [2.45, 2.75) is 38.5 Å². The van der Waals surface area contributed by atoms with E-state index in [2.05, 4.69) is 5.32 Å². The molecule has 0 aromatic heterocycles. The maximum atomic E-state index is 12.6. The summed E-state index contributed by atoms with van der Waals surface area (Å²) < 4.78 is 0. The van der Waals surface area contributed by atoms with Crippen molar-refractivity contribution >= 4 is 23.6 Å². The van der Waals surface area contributed by atoms with Gasteiger partial charge >= 0.3 is 5.97 Å². The van der Waals surface area contributed by atoms with Crippen molar-refractivity contribution in [1.82, 2.24) is 15.2 Å². The lowest BCUT2D eigenvalue weighted by atomic mass is 9.92. The largest absolute Gasteiger partial charge is 0.481 e. The van der Waals surface area contributed by atoms with Crippen molar-refractivity contribution in [3.8, 4) is 0 Å². The molecular formula is C19H32N4O6. The van der Waals surface area contributed by atoms with Crippen LogP contribution in [0.5, 0.6) is 0 Å². The van der Waals surface area contributed by atoms with Crippen LogP contribution in [-0.4, -0.2) is 83.0 Å². The van der Waals surface area contributed by atoms with Gasteiger partial charge in [0, 0.05) is 19.5 Å². The Morgan fingerprint density at radius 3 is 2.48 bits per heavy atom. The number of Topliss-reactive ketones (excluding diaryl/α,β-unsaturated/α-hetero) is 1. The summed E-state index contributed by atoms with van der Waals surface area (Å²) in [7, 11) is 0. The first kappa shape index (κ1) is 23.2. The van der Waals surface area contributed by atoms with Crippen LogP contribution in [0.15, 0.2) is 0 Å². The normalized spacial score (nSPS) is 21.4. The Bertz CT molecular complexity index is 608. The molecule has 2 aliphatic rings. The number of carboxylic acids is 1. The molecule has 0 unspecified atom stereocenters. The molecule has 0 saturated carbocycles. The molecule has 2 atom stereocenters. The van der Waals surface area contributed by atoms with Crippen LogP contribution in [0, 0.1) is 17.8 Å². The van der Waals surface area contributed by atoms with Gasteiger partial charge in [-0.3, -0.25) is 24.2 Å². The number of hydrazine groups is 1. The van der Waals surface area contributed by atoms with Crippen LogP contribution in [-0.2, 0) is 19.2 Å². The number of ketones is 1. The van der Waals surface area contributed by atoms with E-state index < -0.39 is 42.6 Å². The number of aliphatic carboxylic acids is 1. The lowest BCUT2D eigenvalue weighted by Crippen LogP contribution is -2.51. The summed E-state index contributed by atoms with van der Waals surface area (Å²) in [5.74, 6) is 1.40. The summed E-state index contributed by atoms with van der Waals surface area (Å²) >= 11 is 0. The van der Waals surface area contributed by atoms with Crippen molar-refractivity contribution in [2.75, 3.05) is 39.3 Å². The first-order chi connectivity index (χ1) is 13.8. The molecule has 0 spiro atoms. The predicted molar refractivity (Wildman–Crippen MR) is 103 cm³/mol. The lowest BCUT2D eigenvalue weighted by Gasteiger charge is -2.34. The number of aliphatic hydroxyl groups is 1. The second-order valence-corrected chi connectivity index (χ2v) is 7.92. The number of amides is 2. The van der Waals surface area contributed by atoms with Crippen molar-refractivity contribution in [3.05, 3.63) is 0 Å². The standard InChI is InChI=1S/C19H32N4O6/c20-23(11-15(19(28)29)16(25)12-24)18(27)14-2-1-9-22(10-14)17(26)4-3-13-5-7-21-8-6-13/h13-15,21,24H,1-12,20H2,(H,28,29)/t14-,15+/m1/s1. The number of nitrogens with two attached hydrogens (primary N) is 1. The van der Waals surface area contributed by atoms with Gasteiger partial charge in [-0.1, -0.05) is 0 Å². The number of rotatable bonds is 9. The molecule has 2 aliphatic heterocycles. The highest BCUT2D eigenvalue weighted by atomic mass is 16.4. The van der Waals surface area contributed by atoms with Crippen LogP contribution in [0.1, 0.15) is 38.5 Å². The number of likely N-dealkylation sites (tertiary alicyclic amines) is 1. The minimum atomic E-state index is -1.57. The average Bonchev–Trinajstić information content (AvgIpc) is 2.75. The van der Waals surface area contributed by atoms with Gasteiger partial charge in [-0.25, -0.2) is 5.84 Å². The van der Waals surface area contributed by atoms with Crippen molar-refractivity contribution in [1.29, 1.82) is 0 Å². The van der Waals surface area contributed by atoms with Gasteiger partial charge < -0.3 is 20.4 Å². The van der Waals surface area contributed by atoms with E-state index in [0.29, 0.717) is 31.7 Å². The van der Waals surface area contributed by atoms with Crippen LogP contribution in [0.3, 0.4) is 0 Å². The van der Waals surface area contributed by atoms with Gasteiger partial charge in [0.25, 0.3) is 0 Å². The fourth-order valence-electron chi connectivity index (χ4n) is 4.01. The van der Waals surface area contributed by atoms with Crippen LogP contribution in [0.25, 0.3) is 0 Å². The summed E-state index contributed by atoms with van der Waals surface area (Å²) in [5.41, 5.74) is 0. The Morgan fingerprint density at radius 1 is 1.17 bits per heavy atom. The second-order valence-electron chi connectivity index (χ2n) is 7.92. The van der Waals surface area contributed by atoms with E-state index in [9.17, 15) is 19.2 Å². The highest BCUT2D eigenvalue weighted by molar-refractivity contribution is 5.99. The van der Waals surface area contributed by atoms with E-state index in [4.69, 9.17) is 16.1 Å². The van der Waals surface area contributed by atoms with Gasteiger partial charge in [0.2, 0.25) is 11.8 Å². The third-order valence-corrected chi connectivity index (χ3v) is 5.85. The van der Waals surface area contributed by atoms with E-state index in [-0.39, 0.29) is 12.5 Å². The van der Waals surface area contributed by atoms with Gasteiger partial charge in [-0.05, 0) is 51.1 Å². The number of carbonyl (C=O) groups is 4. The monoisotopic (exact) mass is 412 g/mol. The zero-order valence-corrected chi connectivity index (χ0v) is 16.7. The summed E-state index contributed by atoms with van der Waals surface area (Å²) in [5, 5.41) is 22.0. The van der Waals surface area contributed by atoms with Gasteiger partial charge in [0.1, 0.15) is 12.5 Å². The van der Waals surface area contributed by atoms with Gasteiger partial charge in [0.15, 0.2) is 5.78 Å². The van der Waals surface area contributed by atoms with E-state index in [1.807, 2.05) is 0 Å². The van der Waals surface area contributed by atoms with E-state index in [0.717, 1.165) is 37.4 Å². The minimum absolute atomic E-state index is 0.0310. The Balaban J connectivity index is 1.86. The number of nitrogens with one attached hydrogen (secondary N) is 1. The molecule has 0 aromatic carbocycles. The Labute approximate surface area is 170 Å². The molecule has 0 aromatic rings. The molecule has 0 aliphatic carbocycles. The molecular weight excluding hydrogens is 380 g/mol. The Kier molecular flexibility index (Phi) is 8.99. The smallest absolute Gasteiger partial charge is 0.316 e. The summed E-state index contributed by atoms with van der Waals surface area (Å²) in [6, 6.07) is 0. The third kappa shape index (κ3) is 6.76. The molecule has 2 amide bonds. The van der Waals surface area contributed by atoms with Crippen LogP contribution < -0.4 is 11.2 Å². The maximum absolute atomic E-state index is 12.6. The SMILES string of the molecule is NN(C[C@H](C(=O)O)C(=O)CO)C(=O)[C@@H]1CCCN(C(=O)CCC2CCNCC2)C1. The molecule has 2 fully saturated rings. The second kappa shape index (κ2) is 11.2. The van der Waals surface area contributed by atoms with E-state index in [1.54, 1.807) is 4.90 Å². The molecule has 2 saturated heterocycles. The molecule has 10 nitrogen and oxygen atoms in total. The zero-order chi connectivity index (χ0) is 21.4. The quantitative estimate of drug-likeness (QED) is 0.162. The average molecular weight is 412 g/mol. The zero-order valence-electron chi connectivity index (χ0n) is 16.7.